The van der Waals surface area contributed by atoms with Gasteiger partial charge in [-0.05, 0) is 25.7 Å². The van der Waals surface area contributed by atoms with Gasteiger partial charge in [0.1, 0.15) is 5.76 Å². The fourth-order valence-electron chi connectivity index (χ4n) is 4.58. The SMILES string of the molecule is COC1=C(Br)C2(CCCCC2)C(=O)C12CCCCC2. The lowest BCUT2D eigenvalue weighted by molar-refractivity contribution is -0.137. The Kier molecular flexibility index (Phi) is 3.53. The molecule has 0 radical (unpaired) electrons. The number of rotatable bonds is 1. The van der Waals surface area contributed by atoms with Crippen LogP contribution < -0.4 is 0 Å². The second kappa shape index (κ2) is 4.91. The van der Waals surface area contributed by atoms with Crippen LogP contribution in [0.1, 0.15) is 64.2 Å². The second-order valence-corrected chi connectivity index (χ2v) is 7.25. The third kappa shape index (κ3) is 1.76. The molecule has 0 aromatic carbocycles. The van der Waals surface area contributed by atoms with E-state index in [1.54, 1.807) is 7.11 Å². The van der Waals surface area contributed by atoms with Gasteiger partial charge in [0.15, 0.2) is 5.78 Å². The van der Waals surface area contributed by atoms with E-state index < -0.39 is 0 Å². The summed E-state index contributed by atoms with van der Waals surface area (Å²) < 4.78 is 6.82. The lowest BCUT2D eigenvalue weighted by atomic mass is 9.64. The summed E-state index contributed by atoms with van der Waals surface area (Å²) in [5, 5.41) is 0. The molecular weight excluding hydrogens is 304 g/mol. The van der Waals surface area contributed by atoms with E-state index in [9.17, 15) is 4.79 Å². The Morgan fingerprint density at radius 1 is 0.895 bits per heavy atom. The smallest absolute Gasteiger partial charge is 0.157 e. The average molecular weight is 327 g/mol. The molecular formula is C16H23BrO2. The topological polar surface area (TPSA) is 26.3 Å². The molecule has 2 saturated carbocycles. The summed E-state index contributed by atoms with van der Waals surface area (Å²) >= 11 is 3.77. The summed E-state index contributed by atoms with van der Waals surface area (Å²) in [6, 6.07) is 0. The number of methoxy groups -OCH3 is 1. The van der Waals surface area contributed by atoms with E-state index in [-0.39, 0.29) is 10.8 Å². The zero-order chi connectivity index (χ0) is 13.5. The maximum Gasteiger partial charge on any atom is 0.157 e. The highest BCUT2D eigenvalue weighted by molar-refractivity contribution is 9.11. The molecule has 2 spiro atoms. The number of hydrogen-bond acceptors (Lipinski definition) is 2. The molecule has 0 aromatic heterocycles. The van der Waals surface area contributed by atoms with Gasteiger partial charge in [-0.2, -0.15) is 0 Å². The first kappa shape index (κ1) is 13.7. The first-order chi connectivity index (χ1) is 9.17. The monoisotopic (exact) mass is 326 g/mol. The van der Waals surface area contributed by atoms with E-state index in [0.29, 0.717) is 5.78 Å². The zero-order valence-corrected chi connectivity index (χ0v) is 13.4. The molecule has 3 aliphatic carbocycles. The zero-order valence-electron chi connectivity index (χ0n) is 11.8. The van der Waals surface area contributed by atoms with Crippen molar-refractivity contribution in [1.82, 2.24) is 0 Å². The van der Waals surface area contributed by atoms with Gasteiger partial charge in [-0.3, -0.25) is 4.79 Å². The normalized spacial score (nSPS) is 29.3. The highest BCUT2D eigenvalue weighted by Gasteiger charge is 2.61. The molecule has 0 bridgehead atoms. The minimum absolute atomic E-state index is 0.235. The fraction of sp³-hybridized carbons (Fsp3) is 0.812. The summed E-state index contributed by atoms with van der Waals surface area (Å²) in [5.74, 6) is 1.45. The van der Waals surface area contributed by atoms with Crippen molar-refractivity contribution in [2.24, 2.45) is 10.8 Å². The van der Waals surface area contributed by atoms with E-state index in [2.05, 4.69) is 15.9 Å². The molecule has 19 heavy (non-hydrogen) atoms. The molecule has 2 nitrogen and oxygen atoms in total. The molecule has 3 rings (SSSR count). The Labute approximate surface area is 124 Å². The van der Waals surface area contributed by atoms with Gasteiger partial charge in [-0.1, -0.05) is 54.5 Å². The molecule has 0 saturated heterocycles. The van der Waals surface area contributed by atoms with Crippen LogP contribution in [0.15, 0.2) is 10.2 Å². The quantitative estimate of drug-likeness (QED) is 0.696. The van der Waals surface area contributed by atoms with Crippen LogP contribution in [-0.4, -0.2) is 12.9 Å². The van der Waals surface area contributed by atoms with E-state index >= 15 is 0 Å². The number of hydrogen-bond donors (Lipinski definition) is 0. The highest BCUT2D eigenvalue weighted by atomic mass is 79.9. The summed E-state index contributed by atoms with van der Waals surface area (Å²) in [4.78, 5) is 13.3. The van der Waals surface area contributed by atoms with Crippen molar-refractivity contribution in [3.05, 3.63) is 10.2 Å². The molecule has 0 N–H and O–H groups in total. The Hall–Kier alpha value is -0.310. The molecule has 0 heterocycles. The molecule has 0 amide bonds. The summed E-state index contributed by atoms with van der Waals surface area (Å²) in [7, 11) is 1.74. The first-order valence-corrected chi connectivity index (χ1v) is 8.46. The van der Waals surface area contributed by atoms with E-state index in [0.717, 1.165) is 48.8 Å². The van der Waals surface area contributed by atoms with Crippen LogP contribution in [0.3, 0.4) is 0 Å². The van der Waals surface area contributed by atoms with Crippen LogP contribution in [0, 0.1) is 10.8 Å². The van der Waals surface area contributed by atoms with Crippen LogP contribution in [0.4, 0.5) is 0 Å². The number of ether oxygens (including phenoxy) is 1. The number of carbonyl (C=O) groups excluding carboxylic acids is 1. The number of allylic oxidation sites excluding steroid dienone is 2. The average Bonchev–Trinajstić information content (AvgIpc) is 2.62. The predicted octanol–water partition coefficient (Wildman–Crippen LogP) is 4.72. The molecule has 0 aliphatic heterocycles. The number of Topliss-reactive ketones (excluding diaryl/α,β-unsaturated/α-hetero) is 1. The van der Waals surface area contributed by atoms with Gasteiger partial charge in [-0.15, -0.1) is 0 Å². The largest absolute Gasteiger partial charge is 0.499 e. The Bertz CT molecular complexity index is 412. The molecule has 106 valence electrons. The molecule has 0 unspecified atom stereocenters. The first-order valence-electron chi connectivity index (χ1n) is 7.67. The van der Waals surface area contributed by atoms with Crippen molar-refractivity contribution >= 4 is 21.7 Å². The minimum Gasteiger partial charge on any atom is -0.499 e. The van der Waals surface area contributed by atoms with Crippen LogP contribution in [0.2, 0.25) is 0 Å². The van der Waals surface area contributed by atoms with Crippen LogP contribution in [-0.2, 0) is 9.53 Å². The van der Waals surface area contributed by atoms with Crippen molar-refractivity contribution < 1.29 is 9.53 Å². The standard InChI is InChI=1S/C16H23BrO2/c1-19-13-12(17)15(8-4-2-5-9-15)14(18)16(13)10-6-3-7-11-16/h2-11H2,1H3. The van der Waals surface area contributed by atoms with E-state index in [1.807, 2.05) is 0 Å². The summed E-state index contributed by atoms with van der Waals surface area (Å²) in [5.41, 5.74) is -0.524. The van der Waals surface area contributed by atoms with E-state index in [1.165, 1.54) is 25.7 Å². The molecule has 2 fully saturated rings. The van der Waals surface area contributed by atoms with Gasteiger partial charge >= 0.3 is 0 Å². The van der Waals surface area contributed by atoms with Crippen molar-refractivity contribution in [3.63, 3.8) is 0 Å². The minimum atomic E-state index is -0.289. The molecule has 3 aliphatic rings. The molecule has 3 heteroatoms. The number of ketones is 1. The molecule has 0 aromatic rings. The lowest BCUT2D eigenvalue weighted by Gasteiger charge is -2.38. The Morgan fingerprint density at radius 2 is 1.37 bits per heavy atom. The number of carbonyl (C=O) groups is 1. The maximum absolute atomic E-state index is 13.3. The summed E-state index contributed by atoms with van der Waals surface area (Å²) in [6.45, 7) is 0. The van der Waals surface area contributed by atoms with Gasteiger partial charge in [0.25, 0.3) is 0 Å². The predicted molar refractivity (Wildman–Crippen MR) is 79.0 cm³/mol. The Morgan fingerprint density at radius 3 is 1.84 bits per heavy atom. The second-order valence-electron chi connectivity index (χ2n) is 6.46. The summed E-state index contributed by atoms with van der Waals surface area (Å²) in [6.07, 6.45) is 11.2. The third-order valence-electron chi connectivity index (χ3n) is 5.54. The van der Waals surface area contributed by atoms with E-state index in [4.69, 9.17) is 4.74 Å². The van der Waals surface area contributed by atoms with Crippen LogP contribution >= 0.6 is 15.9 Å². The van der Waals surface area contributed by atoms with Crippen molar-refractivity contribution in [2.45, 2.75) is 64.2 Å². The van der Waals surface area contributed by atoms with Crippen LogP contribution in [0.25, 0.3) is 0 Å². The van der Waals surface area contributed by atoms with Gasteiger partial charge < -0.3 is 4.74 Å². The number of halogens is 1. The van der Waals surface area contributed by atoms with Crippen molar-refractivity contribution in [3.8, 4) is 0 Å². The third-order valence-corrected chi connectivity index (χ3v) is 6.66. The van der Waals surface area contributed by atoms with Crippen molar-refractivity contribution in [1.29, 1.82) is 0 Å². The van der Waals surface area contributed by atoms with Gasteiger partial charge in [0.05, 0.1) is 17.9 Å². The highest BCUT2D eigenvalue weighted by Crippen LogP contribution is 2.62. The molecule has 0 atom stereocenters. The van der Waals surface area contributed by atoms with Gasteiger partial charge in [0.2, 0.25) is 0 Å². The van der Waals surface area contributed by atoms with Crippen LogP contribution in [0.5, 0.6) is 0 Å². The van der Waals surface area contributed by atoms with Gasteiger partial charge in [0, 0.05) is 4.48 Å². The van der Waals surface area contributed by atoms with Crippen molar-refractivity contribution in [2.75, 3.05) is 7.11 Å². The lowest BCUT2D eigenvalue weighted by Crippen LogP contribution is -2.41. The Balaban J connectivity index is 2.06. The van der Waals surface area contributed by atoms with Gasteiger partial charge in [-0.25, -0.2) is 0 Å². The maximum atomic E-state index is 13.3. The fourth-order valence-corrected chi connectivity index (χ4v) is 5.70.